The number of hydrogen-bond acceptors (Lipinski definition) is 3. The van der Waals surface area contributed by atoms with Crippen LogP contribution in [0.25, 0.3) is 11.1 Å². The molecule has 3 aromatic carbocycles. The molecule has 1 N–H and O–H groups in total. The number of carboxylic acid groups (broad SMARTS) is 1. The first-order valence-electron chi connectivity index (χ1n) is 8.21. The third-order valence-corrected chi connectivity index (χ3v) is 3.80. The third kappa shape index (κ3) is 5.26. The number of aromatic carboxylic acids is 1. The van der Waals surface area contributed by atoms with E-state index >= 15 is 0 Å². The molecule has 7 heteroatoms. The Morgan fingerprint density at radius 3 is 2.25 bits per heavy atom. The van der Waals surface area contributed by atoms with Crippen molar-refractivity contribution >= 4 is 5.97 Å². The van der Waals surface area contributed by atoms with Crippen LogP contribution in [0.4, 0.5) is 13.2 Å². The summed E-state index contributed by atoms with van der Waals surface area (Å²) in [5.41, 5.74) is 1.42. The van der Waals surface area contributed by atoms with Gasteiger partial charge in [0.05, 0.1) is 5.56 Å². The Hall–Kier alpha value is -3.48. The van der Waals surface area contributed by atoms with Gasteiger partial charge in [-0.3, -0.25) is 0 Å². The largest absolute Gasteiger partial charge is 0.573 e. The molecule has 144 valence electrons. The van der Waals surface area contributed by atoms with Gasteiger partial charge in [0.2, 0.25) is 0 Å². The van der Waals surface area contributed by atoms with Crippen LogP contribution in [0.1, 0.15) is 15.9 Å². The number of carboxylic acids is 1. The maximum atomic E-state index is 12.5. The maximum absolute atomic E-state index is 12.5. The highest BCUT2D eigenvalue weighted by atomic mass is 19.4. The van der Waals surface area contributed by atoms with Gasteiger partial charge < -0.3 is 14.6 Å². The van der Waals surface area contributed by atoms with E-state index in [2.05, 4.69) is 4.74 Å². The zero-order valence-electron chi connectivity index (χ0n) is 14.4. The fourth-order valence-electron chi connectivity index (χ4n) is 2.59. The Bertz CT molecular complexity index is 969. The quantitative estimate of drug-likeness (QED) is 0.603. The van der Waals surface area contributed by atoms with Crippen LogP contribution in [0.5, 0.6) is 11.5 Å². The average Bonchev–Trinajstić information content (AvgIpc) is 2.66. The van der Waals surface area contributed by atoms with Crippen LogP contribution >= 0.6 is 0 Å². The third-order valence-electron chi connectivity index (χ3n) is 3.80. The predicted octanol–water partition coefficient (Wildman–Crippen LogP) is 5.53. The highest BCUT2D eigenvalue weighted by Gasteiger charge is 2.31. The lowest BCUT2D eigenvalue weighted by atomic mass is 10.0. The Labute approximate surface area is 158 Å². The molecule has 4 nitrogen and oxygen atoms in total. The van der Waals surface area contributed by atoms with E-state index in [-0.39, 0.29) is 11.1 Å². The minimum absolute atomic E-state index is 0.268. The number of halogens is 3. The average molecular weight is 388 g/mol. The van der Waals surface area contributed by atoms with E-state index < -0.39 is 18.1 Å². The molecular weight excluding hydrogens is 373 g/mol. The van der Waals surface area contributed by atoms with Crippen molar-refractivity contribution < 1.29 is 32.5 Å². The zero-order valence-corrected chi connectivity index (χ0v) is 14.4. The summed E-state index contributed by atoms with van der Waals surface area (Å²) in [6.07, 6.45) is -4.92. The Morgan fingerprint density at radius 1 is 0.857 bits per heavy atom. The number of ether oxygens (including phenoxy) is 2. The van der Waals surface area contributed by atoms with Crippen molar-refractivity contribution in [2.75, 3.05) is 0 Å². The number of alkyl halides is 3. The second-order valence-electron chi connectivity index (χ2n) is 5.90. The van der Waals surface area contributed by atoms with Crippen LogP contribution in [-0.2, 0) is 6.61 Å². The monoisotopic (exact) mass is 388 g/mol. The summed E-state index contributed by atoms with van der Waals surface area (Å²) in [5.74, 6) is -1.45. The predicted molar refractivity (Wildman–Crippen MR) is 96.3 cm³/mol. The number of carbonyl (C=O) groups is 1. The molecule has 0 bridgehead atoms. The smallest absolute Gasteiger partial charge is 0.489 e. The molecule has 0 radical (unpaired) electrons. The van der Waals surface area contributed by atoms with E-state index in [4.69, 9.17) is 4.74 Å². The molecule has 28 heavy (non-hydrogen) atoms. The molecule has 3 aromatic rings. The fraction of sp³-hybridized carbons (Fsp3) is 0.0952. The molecule has 3 rings (SSSR count). The lowest BCUT2D eigenvalue weighted by Crippen LogP contribution is -2.17. The van der Waals surface area contributed by atoms with Gasteiger partial charge in [-0.15, -0.1) is 13.2 Å². The van der Waals surface area contributed by atoms with E-state index in [9.17, 15) is 23.1 Å². The van der Waals surface area contributed by atoms with Crippen LogP contribution in [0, 0.1) is 0 Å². The molecule has 0 saturated carbocycles. The summed E-state index contributed by atoms with van der Waals surface area (Å²) >= 11 is 0. The van der Waals surface area contributed by atoms with E-state index in [1.807, 2.05) is 30.3 Å². The van der Waals surface area contributed by atoms with Gasteiger partial charge in [-0.05, 0) is 47.0 Å². The molecule has 0 aliphatic rings. The van der Waals surface area contributed by atoms with Crippen LogP contribution in [0.3, 0.4) is 0 Å². The normalized spacial score (nSPS) is 11.1. The first kappa shape index (κ1) is 19.3. The van der Waals surface area contributed by atoms with Gasteiger partial charge >= 0.3 is 12.3 Å². The van der Waals surface area contributed by atoms with Crippen molar-refractivity contribution in [3.8, 4) is 22.6 Å². The fourth-order valence-corrected chi connectivity index (χ4v) is 2.59. The lowest BCUT2D eigenvalue weighted by molar-refractivity contribution is -0.274. The number of rotatable bonds is 6. The van der Waals surface area contributed by atoms with E-state index in [0.717, 1.165) is 17.7 Å². The maximum Gasteiger partial charge on any atom is 0.573 e. The van der Waals surface area contributed by atoms with E-state index in [1.165, 1.54) is 6.07 Å². The SMILES string of the molecule is O=C(O)c1cc(OC(F)(F)F)cc(-c2cccc(OCc3ccccc3)c2)c1. The van der Waals surface area contributed by atoms with Gasteiger partial charge in [0, 0.05) is 0 Å². The van der Waals surface area contributed by atoms with Gasteiger partial charge in [0.1, 0.15) is 18.1 Å². The lowest BCUT2D eigenvalue weighted by Gasteiger charge is -2.13. The van der Waals surface area contributed by atoms with Crippen molar-refractivity contribution in [3.63, 3.8) is 0 Å². The molecule has 0 aliphatic carbocycles. The molecule has 0 unspecified atom stereocenters. The van der Waals surface area contributed by atoms with Crippen molar-refractivity contribution in [2.45, 2.75) is 13.0 Å². The molecule has 0 amide bonds. The summed E-state index contributed by atoms with van der Waals surface area (Å²) in [6, 6.07) is 19.4. The molecule has 0 atom stereocenters. The van der Waals surface area contributed by atoms with Gasteiger partial charge in [-0.2, -0.15) is 0 Å². The Balaban J connectivity index is 1.88. The summed E-state index contributed by atoms with van der Waals surface area (Å²) < 4.78 is 47.2. The molecule has 0 aromatic heterocycles. The highest BCUT2D eigenvalue weighted by Crippen LogP contribution is 2.31. The Kier molecular flexibility index (Phi) is 5.54. The van der Waals surface area contributed by atoms with Crippen LogP contribution in [0.2, 0.25) is 0 Å². The van der Waals surface area contributed by atoms with Crippen molar-refractivity contribution in [1.82, 2.24) is 0 Å². The summed E-state index contributed by atoms with van der Waals surface area (Å²) in [4.78, 5) is 11.3. The van der Waals surface area contributed by atoms with Gasteiger partial charge in [-0.1, -0.05) is 42.5 Å². The molecule has 0 aliphatic heterocycles. The van der Waals surface area contributed by atoms with Crippen molar-refractivity contribution in [3.05, 3.63) is 83.9 Å². The topological polar surface area (TPSA) is 55.8 Å². The Morgan fingerprint density at radius 2 is 1.57 bits per heavy atom. The highest BCUT2D eigenvalue weighted by molar-refractivity contribution is 5.90. The number of benzene rings is 3. The van der Waals surface area contributed by atoms with E-state index in [1.54, 1.807) is 24.3 Å². The second-order valence-corrected chi connectivity index (χ2v) is 5.90. The second kappa shape index (κ2) is 8.04. The molecule has 0 heterocycles. The van der Waals surface area contributed by atoms with Crippen LogP contribution in [-0.4, -0.2) is 17.4 Å². The van der Waals surface area contributed by atoms with Crippen molar-refractivity contribution in [1.29, 1.82) is 0 Å². The zero-order chi connectivity index (χ0) is 20.1. The summed E-state index contributed by atoms with van der Waals surface area (Å²) in [5, 5.41) is 9.18. The summed E-state index contributed by atoms with van der Waals surface area (Å²) in [7, 11) is 0. The number of hydrogen-bond donors (Lipinski definition) is 1. The molecule has 0 spiro atoms. The minimum atomic E-state index is -4.92. The van der Waals surface area contributed by atoms with E-state index in [0.29, 0.717) is 17.9 Å². The molecule has 0 fully saturated rings. The van der Waals surface area contributed by atoms with Crippen LogP contribution in [0.15, 0.2) is 72.8 Å². The molecule has 0 saturated heterocycles. The van der Waals surface area contributed by atoms with Crippen LogP contribution < -0.4 is 9.47 Å². The first-order chi connectivity index (χ1) is 13.3. The standard InChI is InChI=1S/C21H15F3O4/c22-21(23,24)28-19-11-16(9-17(12-19)20(25)26)15-7-4-8-18(10-15)27-13-14-5-2-1-3-6-14/h1-12H,13H2,(H,25,26). The van der Waals surface area contributed by atoms with Gasteiger partial charge in [0.15, 0.2) is 0 Å². The van der Waals surface area contributed by atoms with Gasteiger partial charge in [0.25, 0.3) is 0 Å². The van der Waals surface area contributed by atoms with Gasteiger partial charge in [-0.25, -0.2) is 4.79 Å². The summed E-state index contributed by atoms with van der Waals surface area (Å²) in [6.45, 7) is 0.321. The minimum Gasteiger partial charge on any atom is -0.489 e. The first-order valence-corrected chi connectivity index (χ1v) is 8.21. The molecular formula is C21H15F3O4. The van der Waals surface area contributed by atoms with Crippen molar-refractivity contribution in [2.24, 2.45) is 0 Å².